The fraction of sp³-hybridized carbons (Fsp3) is 0.412. The van der Waals surface area contributed by atoms with Crippen molar-refractivity contribution in [2.75, 3.05) is 13.1 Å². The predicted octanol–water partition coefficient (Wildman–Crippen LogP) is 1.62. The molecule has 1 aliphatic rings. The van der Waals surface area contributed by atoms with Gasteiger partial charge in [0.1, 0.15) is 0 Å². The minimum atomic E-state index is 0.223. The van der Waals surface area contributed by atoms with Crippen molar-refractivity contribution in [1.82, 2.24) is 30.5 Å². The minimum absolute atomic E-state index is 0.223. The van der Waals surface area contributed by atoms with Crippen LogP contribution < -0.4 is 0 Å². The largest absolute Gasteiger partial charge is 0.361 e. The summed E-state index contributed by atoms with van der Waals surface area (Å²) in [5.74, 6) is 1.39. The number of fused-ring (bicyclic) bond motifs is 1. The van der Waals surface area contributed by atoms with E-state index in [1.165, 1.54) is 22.0 Å². The smallest absolute Gasteiger partial charge is 0.222 e. The van der Waals surface area contributed by atoms with E-state index in [2.05, 4.69) is 50.7 Å². The highest BCUT2D eigenvalue weighted by atomic mass is 16.2. The third-order valence-electron chi connectivity index (χ3n) is 4.79. The molecule has 0 saturated carbocycles. The van der Waals surface area contributed by atoms with Gasteiger partial charge in [-0.1, -0.05) is 23.4 Å². The van der Waals surface area contributed by atoms with Crippen molar-refractivity contribution in [1.29, 1.82) is 0 Å². The first-order chi connectivity index (χ1) is 11.7. The molecule has 0 spiro atoms. The van der Waals surface area contributed by atoms with Crippen LogP contribution in [0.25, 0.3) is 10.9 Å². The van der Waals surface area contributed by atoms with E-state index in [0.717, 1.165) is 31.8 Å². The molecule has 1 saturated heterocycles. The van der Waals surface area contributed by atoms with Gasteiger partial charge in [0.2, 0.25) is 5.91 Å². The Bertz CT molecular complexity index is 847. The van der Waals surface area contributed by atoms with E-state index in [9.17, 15) is 4.79 Å². The van der Waals surface area contributed by atoms with Gasteiger partial charge in [-0.05, 0) is 24.5 Å². The Morgan fingerprint density at radius 1 is 1.38 bits per heavy atom. The molecule has 0 aliphatic carbocycles. The number of carbonyl (C=O) groups excluding carboxylic acids is 1. The van der Waals surface area contributed by atoms with E-state index in [1.807, 2.05) is 11.1 Å². The third kappa shape index (κ3) is 2.77. The number of carbonyl (C=O) groups is 1. The van der Waals surface area contributed by atoms with Crippen LogP contribution in [-0.2, 0) is 17.6 Å². The van der Waals surface area contributed by atoms with Crippen LogP contribution in [0.2, 0.25) is 0 Å². The molecule has 1 amide bonds. The van der Waals surface area contributed by atoms with Crippen molar-refractivity contribution >= 4 is 16.8 Å². The zero-order valence-electron chi connectivity index (χ0n) is 13.6. The number of aryl methyl sites for hydroxylation is 2. The molecule has 1 aliphatic heterocycles. The number of nitrogens with zero attached hydrogens (tertiary/aromatic N) is 4. The van der Waals surface area contributed by atoms with Gasteiger partial charge in [-0.15, -0.1) is 10.2 Å². The molecule has 0 bridgehead atoms. The molecule has 1 fully saturated rings. The molecule has 124 valence electrons. The fourth-order valence-corrected chi connectivity index (χ4v) is 3.40. The topological polar surface area (TPSA) is 90.6 Å². The Hall–Kier alpha value is -2.70. The van der Waals surface area contributed by atoms with Crippen molar-refractivity contribution in [2.45, 2.75) is 26.2 Å². The first-order valence-corrected chi connectivity index (χ1v) is 8.26. The van der Waals surface area contributed by atoms with Gasteiger partial charge in [-0.3, -0.25) is 4.79 Å². The van der Waals surface area contributed by atoms with Gasteiger partial charge in [0, 0.05) is 48.9 Å². The summed E-state index contributed by atoms with van der Waals surface area (Å²) in [7, 11) is 0. The van der Waals surface area contributed by atoms with Gasteiger partial charge in [-0.2, -0.15) is 5.21 Å². The SMILES string of the molecule is Cc1cccc2c(CCC(=O)N3CC(Cc4nn[nH]n4)C3)c[nH]c12. The van der Waals surface area contributed by atoms with Crippen LogP contribution in [-0.4, -0.2) is 49.5 Å². The van der Waals surface area contributed by atoms with E-state index < -0.39 is 0 Å². The van der Waals surface area contributed by atoms with Gasteiger partial charge >= 0.3 is 0 Å². The van der Waals surface area contributed by atoms with Crippen molar-refractivity contribution in [3.05, 3.63) is 41.3 Å². The van der Waals surface area contributed by atoms with E-state index >= 15 is 0 Å². The summed E-state index contributed by atoms with van der Waals surface area (Å²) in [6.45, 7) is 3.68. The Morgan fingerprint density at radius 2 is 2.25 bits per heavy atom. The zero-order valence-corrected chi connectivity index (χ0v) is 13.6. The summed E-state index contributed by atoms with van der Waals surface area (Å²) < 4.78 is 0. The van der Waals surface area contributed by atoms with Crippen LogP contribution in [0.1, 0.15) is 23.4 Å². The van der Waals surface area contributed by atoms with E-state index in [1.54, 1.807) is 0 Å². The summed E-state index contributed by atoms with van der Waals surface area (Å²) in [4.78, 5) is 17.6. The molecular formula is C17H20N6O. The number of nitrogens with one attached hydrogen (secondary N) is 2. The first kappa shape index (κ1) is 14.9. The molecule has 3 heterocycles. The molecule has 0 atom stereocenters. The molecular weight excluding hydrogens is 304 g/mol. The van der Waals surface area contributed by atoms with E-state index in [-0.39, 0.29) is 5.91 Å². The highest BCUT2D eigenvalue weighted by molar-refractivity contribution is 5.86. The second-order valence-electron chi connectivity index (χ2n) is 6.51. The Balaban J connectivity index is 1.30. The maximum Gasteiger partial charge on any atom is 0.222 e. The average Bonchev–Trinajstić information content (AvgIpc) is 3.18. The number of hydrogen-bond donors (Lipinski definition) is 2. The van der Waals surface area contributed by atoms with Crippen LogP contribution >= 0.6 is 0 Å². The molecule has 0 unspecified atom stereocenters. The van der Waals surface area contributed by atoms with Gasteiger partial charge in [-0.25, -0.2) is 0 Å². The number of tetrazole rings is 1. The summed E-state index contributed by atoms with van der Waals surface area (Å²) in [6.07, 6.45) is 4.13. The maximum atomic E-state index is 12.3. The molecule has 2 N–H and O–H groups in total. The summed E-state index contributed by atoms with van der Waals surface area (Å²) in [6, 6.07) is 6.27. The average molecular weight is 324 g/mol. The van der Waals surface area contributed by atoms with Gasteiger partial charge in [0.05, 0.1) is 0 Å². The lowest BCUT2D eigenvalue weighted by Gasteiger charge is -2.39. The van der Waals surface area contributed by atoms with Gasteiger partial charge < -0.3 is 9.88 Å². The summed E-state index contributed by atoms with van der Waals surface area (Å²) >= 11 is 0. The number of likely N-dealkylation sites (tertiary alicyclic amines) is 1. The molecule has 4 rings (SSSR count). The number of aromatic nitrogens is 5. The van der Waals surface area contributed by atoms with Crippen LogP contribution in [0.5, 0.6) is 0 Å². The molecule has 1 aromatic carbocycles. The Morgan fingerprint density at radius 3 is 3.04 bits per heavy atom. The monoisotopic (exact) mass is 324 g/mol. The highest BCUT2D eigenvalue weighted by Gasteiger charge is 2.31. The van der Waals surface area contributed by atoms with Gasteiger partial charge in [0.25, 0.3) is 0 Å². The van der Waals surface area contributed by atoms with Crippen molar-refractivity contribution < 1.29 is 4.79 Å². The third-order valence-corrected chi connectivity index (χ3v) is 4.79. The number of rotatable bonds is 5. The number of amides is 1. The van der Waals surface area contributed by atoms with Gasteiger partial charge in [0.15, 0.2) is 5.82 Å². The van der Waals surface area contributed by atoms with Crippen molar-refractivity contribution in [3.63, 3.8) is 0 Å². The first-order valence-electron chi connectivity index (χ1n) is 8.26. The fourth-order valence-electron chi connectivity index (χ4n) is 3.40. The van der Waals surface area contributed by atoms with Crippen molar-refractivity contribution in [3.8, 4) is 0 Å². The number of aromatic amines is 2. The van der Waals surface area contributed by atoms with Crippen LogP contribution in [0, 0.1) is 12.8 Å². The number of hydrogen-bond acceptors (Lipinski definition) is 4. The second-order valence-corrected chi connectivity index (χ2v) is 6.51. The molecule has 24 heavy (non-hydrogen) atoms. The Labute approximate surface area is 139 Å². The quantitative estimate of drug-likeness (QED) is 0.746. The molecule has 3 aromatic rings. The van der Waals surface area contributed by atoms with E-state index in [4.69, 9.17) is 0 Å². The lowest BCUT2D eigenvalue weighted by atomic mass is 9.95. The molecule has 2 aromatic heterocycles. The Kier molecular flexibility index (Phi) is 3.76. The number of benzene rings is 1. The van der Waals surface area contributed by atoms with Crippen LogP contribution in [0.3, 0.4) is 0 Å². The number of H-pyrrole nitrogens is 2. The molecule has 7 heteroatoms. The highest BCUT2D eigenvalue weighted by Crippen LogP contribution is 2.24. The predicted molar refractivity (Wildman–Crippen MR) is 89.3 cm³/mol. The standard InChI is InChI=1S/C17H20N6O/c1-11-3-2-4-14-13(8-18-17(11)14)5-6-16(24)23-9-12(10-23)7-15-19-21-22-20-15/h2-4,8,12,18H,5-7,9-10H2,1H3,(H,19,20,21,22). The minimum Gasteiger partial charge on any atom is -0.361 e. The lowest BCUT2D eigenvalue weighted by Crippen LogP contribution is -2.50. The normalized spacial score (nSPS) is 15.0. The van der Waals surface area contributed by atoms with Crippen LogP contribution in [0.4, 0.5) is 0 Å². The zero-order chi connectivity index (χ0) is 16.5. The lowest BCUT2D eigenvalue weighted by molar-refractivity contribution is -0.137. The molecule has 0 radical (unpaired) electrons. The maximum absolute atomic E-state index is 12.3. The van der Waals surface area contributed by atoms with E-state index in [0.29, 0.717) is 12.3 Å². The molecule has 7 nitrogen and oxygen atoms in total. The summed E-state index contributed by atoms with van der Waals surface area (Å²) in [5, 5.41) is 15.2. The van der Waals surface area contributed by atoms with Crippen LogP contribution in [0.15, 0.2) is 24.4 Å². The second kappa shape index (κ2) is 6.07. The number of para-hydroxylation sites is 1. The van der Waals surface area contributed by atoms with Crippen molar-refractivity contribution in [2.24, 2.45) is 5.92 Å². The summed E-state index contributed by atoms with van der Waals surface area (Å²) in [5.41, 5.74) is 3.62.